The van der Waals surface area contributed by atoms with E-state index < -0.39 is 0 Å². The van der Waals surface area contributed by atoms with Gasteiger partial charge < -0.3 is 10.2 Å². The minimum absolute atomic E-state index is 0. The zero-order valence-corrected chi connectivity index (χ0v) is 12.0. The lowest BCUT2D eigenvalue weighted by molar-refractivity contribution is 0.0759. The van der Waals surface area contributed by atoms with Gasteiger partial charge >= 0.3 is 0 Å². The van der Waals surface area contributed by atoms with Crippen molar-refractivity contribution in [3.05, 3.63) is 29.6 Å². The average molecular weight is 292 g/mol. The third kappa shape index (κ3) is 4.12. The van der Waals surface area contributed by atoms with E-state index in [-0.39, 0.29) is 30.7 Å². The zero-order chi connectivity index (χ0) is 11.4. The van der Waals surface area contributed by atoms with Gasteiger partial charge in [-0.3, -0.25) is 9.78 Å². The van der Waals surface area contributed by atoms with Crippen molar-refractivity contribution in [2.75, 3.05) is 26.2 Å². The van der Waals surface area contributed by atoms with E-state index in [0.29, 0.717) is 5.69 Å². The molecule has 102 valence electrons. The van der Waals surface area contributed by atoms with Crippen molar-refractivity contribution in [3.63, 3.8) is 0 Å². The molecule has 1 amide bonds. The van der Waals surface area contributed by atoms with Crippen LogP contribution in [0.15, 0.2) is 18.3 Å². The van der Waals surface area contributed by atoms with E-state index in [1.807, 2.05) is 24.0 Å². The molecule has 0 aromatic carbocycles. The Kier molecular flexibility index (Phi) is 7.91. The molecular weight excluding hydrogens is 273 g/mol. The molecule has 1 aliphatic rings. The molecule has 2 rings (SSSR count). The number of halogens is 2. The second-order valence-corrected chi connectivity index (χ2v) is 4.06. The summed E-state index contributed by atoms with van der Waals surface area (Å²) in [5.74, 6) is 0.0572. The molecule has 1 aliphatic heterocycles. The van der Waals surface area contributed by atoms with Crippen molar-refractivity contribution in [1.29, 1.82) is 0 Å². The highest BCUT2D eigenvalue weighted by Gasteiger charge is 2.19. The van der Waals surface area contributed by atoms with Crippen molar-refractivity contribution in [1.82, 2.24) is 15.2 Å². The smallest absolute Gasteiger partial charge is 0.272 e. The predicted molar refractivity (Wildman–Crippen MR) is 76.9 cm³/mol. The van der Waals surface area contributed by atoms with Crippen molar-refractivity contribution in [2.45, 2.75) is 13.3 Å². The van der Waals surface area contributed by atoms with E-state index in [0.717, 1.165) is 38.2 Å². The molecule has 1 saturated heterocycles. The molecule has 1 N–H and O–H groups in total. The SMILES string of the molecule is Cc1cccnc1C(=O)N1CCCNCC1.Cl.Cl. The van der Waals surface area contributed by atoms with Gasteiger partial charge in [0.05, 0.1) is 0 Å². The normalized spacial score (nSPS) is 15.1. The summed E-state index contributed by atoms with van der Waals surface area (Å²) in [6.45, 7) is 5.38. The fourth-order valence-electron chi connectivity index (χ4n) is 1.91. The summed E-state index contributed by atoms with van der Waals surface area (Å²) < 4.78 is 0. The standard InChI is InChI=1S/C12H17N3O.2ClH/c1-10-4-2-6-14-11(10)12(16)15-8-3-5-13-7-9-15;;/h2,4,6,13H,3,5,7-9H2,1H3;2*1H. The molecule has 18 heavy (non-hydrogen) atoms. The van der Waals surface area contributed by atoms with Gasteiger partial charge in [0.25, 0.3) is 5.91 Å². The van der Waals surface area contributed by atoms with Crippen molar-refractivity contribution in [2.24, 2.45) is 0 Å². The van der Waals surface area contributed by atoms with Crippen molar-refractivity contribution >= 4 is 30.7 Å². The van der Waals surface area contributed by atoms with E-state index in [1.165, 1.54) is 0 Å². The molecule has 1 aromatic heterocycles. The summed E-state index contributed by atoms with van der Waals surface area (Å²) in [6, 6.07) is 3.78. The monoisotopic (exact) mass is 291 g/mol. The highest BCUT2D eigenvalue weighted by Crippen LogP contribution is 2.08. The van der Waals surface area contributed by atoms with E-state index in [1.54, 1.807) is 6.20 Å². The van der Waals surface area contributed by atoms with Crippen LogP contribution in [0.3, 0.4) is 0 Å². The Labute approximate surface area is 120 Å². The number of nitrogens with one attached hydrogen (secondary N) is 1. The molecule has 1 aromatic rings. The number of nitrogens with zero attached hydrogens (tertiary/aromatic N) is 2. The second kappa shape index (κ2) is 8.29. The molecule has 0 atom stereocenters. The third-order valence-corrected chi connectivity index (χ3v) is 2.84. The lowest BCUT2D eigenvalue weighted by Crippen LogP contribution is -2.35. The molecule has 0 bridgehead atoms. The topological polar surface area (TPSA) is 45.2 Å². The summed E-state index contributed by atoms with van der Waals surface area (Å²) in [5.41, 5.74) is 1.54. The number of carbonyl (C=O) groups excluding carboxylic acids is 1. The van der Waals surface area contributed by atoms with E-state index in [9.17, 15) is 4.79 Å². The summed E-state index contributed by atoms with van der Waals surface area (Å²) >= 11 is 0. The highest BCUT2D eigenvalue weighted by molar-refractivity contribution is 5.93. The van der Waals surface area contributed by atoms with E-state index >= 15 is 0 Å². The van der Waals surface area contributed by atoms with Crippen LogP contribution < -0.4 is 5.32 Å². The van der Waals surface area contributed by atoms with Gasteiger partial charge in [-0.2, -0.15) is 0 Å². The predicted octanol–water partition coefficient (Wildman–Crippen LogP) is 1.67. The van der Waals surface area contributed by atoms with Gasteiger partial charge in [0.2, 0.25) is 0 Å². The maximum absolute atomic E-state index is 12.2. The van der Waals surface area contributed by atoms with Crippen molar-refractivity contribution in [3.8, 4) is 0 Å². The summed E-state index contributed by atoms with van der Waals surface area (Å²) in [6.07, 6.45) is 2.69. The first kappa shape index (κ1) is 17.2. The van der Waals surface area contributed by atoms with Crippen LogP contribution in [-0.4, -0.2) is 42.0 Å². The fraction of sp³-hybridized carbons (Fsp3) is 0.500. The molecular formula is C12H19Cl2N3O. The molecule has 0 radical (unpaired) electrons. The Morgan fingerprint density at radius 1 is 1.33 bits per heavy atom. The number of carbonyl (C=O) groups is 1. The molecule has 4 nitrogen and oxygen atoms in total. The van der Waals surface area contributed by atoms with Crippen LogP contribution in [0.25, 0.3) is 0 Å². The number of pyridine rings is 1. The second-order valence-electron chi connectivity index (χ2n) is 4.06. The summed E-state index contributed by atoms with van der Waals surface area (Å²) in [5, 5.41) is 3.28. The maximum atomic E-state index is 12.2. The number of aryl methyl sites for hydroxylation is 1. The minimum Gasteiger partial charge on any atom is -0.336 e. The van der Waals surface area contributed by atoms with Crippen LogP contribution in [0.4, 0.5) is 0 Å². The van der Waals surface area contributed by atoms with Gasteiger partial charge in [-0.25, -0.2) is 0 Å². The lowest BCUT2D eigenvalue weighted by atomic mass is 10.2. The summed E-state index contributed by atoms with van der Waals surface area (Å²) in [4.78, 5) is 18.3. The Balaban J connectivity index is 0.00000144. The Morgan fingerprint density at radius 2 is 2.11 bits per heavy atom. The lowest BCUT2D eigenvalue weighted by Gasteiger charge is -2.20. The van der Waals surface area contributed by atoms with Crippen LogP contribution in [-0.2, 0) is 0 Å². The number of rotatable bonds is 1. The van der Waals surface area contributed by atoms with Crippen LogP contribution in [0.1, 0.15) is 22.5 Å². The number of hydrogen-bond acceptors (Lipinski definition) is 3. The molecule has 0 spiro atoms. The number of aromatic nitrogens is 1. The van der Waals surface area contributed by atoms with Gasteiger partial charge in [0.15, 0.2) is 0 Å². The van der Waals surface area contributed by atoms with Crippen LogP contribution >= 0.6 is 24.8 Å². The van der Waals surface area contributed by atoms with Crippen molar-refractivity contribution < 1.29 is 4.79 Å². The van der Waals surface area contributed by atoms with Gasteiger partial charge in [-0.05, 0) is 31.5 Å². The summed E-state index contributed by atoms with van der Waals surface area (Å²) in [7, 11) is 0. The van der Waals surface area contributed by atoms with Gasteiger partial charge in [0.1, 0.15) is 5.69 Å². The van der Waals surface area contributed by atoms with E-state index in [2.05, 4.69) is 10.3 Å². The number of amides is 1. The quantitative estimate of drug-likeness (QED) is 0.856. The Hall–Kier alpha value is -0.840. The fourth-order valence-corrected chi connectivity index (χ4v) is 1.91. The Bertz CT molecular complexity index is 379. The molecule has 0 saturated carbocycles. The molecule has 0 aliphatic carbocycles. The largest absolute Gasteiger partial charge is 0.336 e. The maximum Gasteiger partial charge on any atom is 0.272 e. The molecule has 6 heteroatoms. The minimum atomic E-state index is 0. The Morgan fingerprint density at radius 3 is 2.83 bits per heavy atom. The zero-order valence-electron chi connectivity index (χ0n) is 10.4. The first-order valence-corrected chi connectivity index (χ1v) is 5.70. The molecule has 0 unspecified atom stereocenters. The van der Waals surface area contributed by atoms with Crippen LogP contribution in [0.2, 0.25) is 0 Å². The highest BCUT2D eigenvalue weighted by atomic mass is 35.5. The first-order chi connectivity index (χ1) is 7.79. The van der Waals surface area contributed by atoms with Gasteiger partial charge in [-0.15, -0.1) is 24.8 Å². The van der Waals surface area contributed by atoms with Crippen LogP contribution in [0, 0.1) is 6.92 Å². The van der Waals surface area contributed by atoms with Gasteiger partial charge in [0, 0.05) is 25.8 Å². The first-order valence-electron chi connectivity index (χ1n) is 5.70. The van der Waals surface area contributed by atoms with Gasteiger partial charge in [-0.1, -0.05) is 6.07 Å². The third-order valence-electron chi connectivity index (χ3n) is 2.84. The molecule has 2 heterocycles. The van der Waals surface area contributed by atoms with E-state index in [4.69, 9.17) is 0 Å². The molecule has 1 fully saturated rings. The average Bonchev–Trinajstić information content (AvgIpc) is 2.57. The van der Waals surface area contributed by atoms with Crippen LogP contribution in [0.5, 0.6) is 0 Å². The number of hydrogen-bond donors (Lipinski definition) is 1.